The van der Waals surface area contributed by atoms with E-state index >= 15 is 0 Å². The van der Waals surface area contributed by atoms with Gasteiger partial charge in [0.15, 0.2) is 5.13 Å². The lowest BCUT2D eigenvalue weighted by Gasteiger charge is -1.98. The molecule has 1 rings (SSSR count). The number of carbonyl (C=O) groups is 2. The van der Waals surface area contributed by atoms with Crippen molar-refractivity contribution in [3.05, 3.63) is 11.1 Å². The van der Waals surface area contributed by atoms with Crippen LogP contribution in [0.25, 0.3) is 0 Å². The first-order valence-corrected chi connectivity index (χ1v) is 4.94. The zero-order valence-corrected chi connectivity index (χ0v) is 8.84. The summed E-state index contributed by atoms with van der Waals surface area (Å²) in [6, 6.07) is 0. The van der Waals surface area contributed by atoms with Crippen LogP contribution in [0.1, 0.15) is 5.69 Å². The fourth-order valence-electron chi connectivity index (χ4n) is 0.887. The molecule has 0 saturated carbocycles. The molecule has 1 aromatic rings. The number of aliphatic carboxylic acids is 1. The quantitative estimate of drug-likeness (QED) is 0.762. The number of nitrogens with one attached hydrogen (secondary N) is 1. The summed E-state index contributed by atoms with van der Waals surface area (Å²) < 4.78 is 4.62. The fraction of sp³-hybridized carbons (Fsp3) is 0.375. The van der Waals surface area contributed by atoms with Crippen molar-refractivity contribution >= 4 is 28.3 Å². The normalized spacial score (nSPS) is 9.93. The van der Waals surface area contributed by atoms with Gasteiger partial charge in [0.2, 0.25) is 0 Å². The summed E-state index contributed by atoms with van der Waals surface area (Å²) in [5, 5.41) is 13.0. The largest absolute Gasteiger partial charge is 0.481 e. The van der Waals surface area contributed by atoms with Crippen molar-refractivity contribution < 1.29 is 19.4 Å². The number of carboxylic acids is 1. The van der Waals surface area contributed by atoms with Crippen LogP contribution in [-0.4, -0.2) is 35.7 Å². The van der Waals surface area contributed by atoms with Crippen LogP contribution in [0.2, 0.25) is 0 Å². The lowest BCUT2D eigenvalue weighted by Crippen LogP contribution is -2.17. The van der Waals surface area contributed by atoms with Crippen LogP contribution in [0, 0.1) is 0 Å². The van der Waals surface area contributed by atoms with Gasteiger partial charge in [-0.3, -0.25) is 14.9 Å². The van der Waals surface area contributed by atoms with Crippen molar-refractivity contribution in [2.45, 2.75) is 6.42 Å². The molecule has 7 heteroatoms. The molecule has 0 spiro atoms. The van der Waals surface area contributed by atoms with Crippen molar-refractivity contribution in [3.63, 3.8) is 0 Å². The number of rotatable bonds is 5. The molecule has 0 fully saturated rings. The molecule has 0 aliphatic carbocycles. The molecule has 0 bridgehead atoms. The molecule has 0 atom stereocenters. The van der Waals surface area contributed by atoms with Gasteiger partial charge in [0.05, 0.1) is 12.1 Å². The van der Waals surface area contributed by atoms with Gasteiger partial charge in [-0.15, -0.1) is 11.3 Å². The third kappa shape index (κ3) is 4.05. The molecule has 0 aromatic carbocycles. The van der Waals surface area contributed by atoms with Gasteiger partial charge in [-0.2, -0.15) is 0 Å². The predicted octanol–water partition coefficient (Wildman–Crippen LogP) is 0.355. The second kappa shape index (κ2) is 5.42. The van der Waals surface area contributed by atoms with Gasteiger partial charge < -0.3 is 9.84 Å². The average Bonchev–Trinajstić information content (AvgIpc) is 2.51. The van der Waals surface area contributed by atoms with Crippen LogP contribution in [-0.2, 0) is 20.7 Å². The third-order valence-corrected chi connectivity index (χ3v) is 2.21. The highest BCUT2D eigenvalue weighted by atomic mass is 32.1. The Balaban J connectivity index is 2.52. The van der Waals surface area contributed by atoms with E-state index in [9.17, 15) is 9.59 Å². The number of carbonyl (C=O) groups excluding carboxylic acids is 1. The lowest BCUT2D eigenvalue weighted by molar-refractivity contribution is -0.136. The highest BCUT2D eigenvalue weighted by Gasteiger charge is 2.08. The number of methoxy groups -OCH3 is 1. The Hall–Kier alpha value is -1.47. The standard InChI is InChI=1S/C8H10N2O4S/c1-14-3-6(11)10-8-9-5(4-15-8)2-7(12)13/h4H,2-3H2,1H3,(H,12,13)(H,9,10,11). The number of thiazole rings is 1. The number of nitrogens with zero attached hydrogens (tertiary/aromatic N) is 1. The van der Waals surface area contributed by atoms with Gasteiger partial charge >= 0.3 is 5.97 Å². The first kappa shape index (κ1) is 11.6. The highest BCUT2D eigenvalue weighted by Crippen LogP contribution is 2.15. The van der Waals surface area contributed by atoms with Gasteiger partial charge in [-0.1, -0.05) is 0 Å². The van der Waals surface area contributed by atoms with Gasteiger partial charge in [0, 0.05) is 12.5 Å². The smallest absolute Gasteiger partial charge is 0.309 e. The molecule has 2 N–H and O–H groups in total. The maximum atomic E-state index is 11.1. The number of aromatic nitrogens is 1. The molecule has 0 aliphatic heterocycles. The van der Waals surface area contributed by atoms with Crippen LogP contribution in [0.4, 0.5) is 5.13 Å². The molecule has 15 heavy (non-hydrogen) atoms. The van der Waals surface area contributed by atoms with E-state index in [0.717, 1.165) is 0 Å². The highest BCUT2D eigenvalue weighted by molar-refractivity contribution is 7.13. The molecule has 1 aromatic heterocycles. The third-order valence-electron chi connectivity index (χ3n) is 1.41. The van der Waals surface area contributed by atoms with Crippen molar-refractivity contribution in [2.75, 3.05) is 19.0 Å². The number of hydrogen-bond acceptors (Lipinski definition) is 5. The Bertz CT molecular complexity index is 363. The van der Waals surface area contributed by atoms with E-state index in [1.165, 1.54) is 18.4 Å². The molecule has 1 amide bonds. The Morgan fingerprint density at radius 1 is 1.67 bits per heavy atom. The van der Waals surface area contributed by atoms with E-state index in [-0.39, 0.29) is 18.9 Å². The number of anilines is 1. The predicted molar refractivity (Wildman–Crippen MR) is 54.0 cm³/mol. The topological polar surface area (TPSA) is 88.5 Å². The zero-order chi connectivity index (χ0) is 11.3. The van der Waals surface area contributed by atoms with E-state index in [1.54, 1.807) is 5.38 Å². The Morgan fingerprint density at radius 3 is 3.00 bits per heavy atom. The Morgan fingerprint density at radius 2 is 2.40 bits per heavy atom. The van der Waals surface area contributed by atoms with E-state index < -0.39 is 5.97 Å². The molecule has 82 valence electrons. The van der Waals surface area contributed by atoms with Crippen LogP contribution < -0.4 is 5.32 Å². The Labute approximate surface area is 89.9 Å². The summed E-state index contributed by atoms with van der Waals surface area (Å²) in [7, 11) is 1.41. The zero-order valence-electron chi connectivity index (χ0n) is 8.02. The SMILES string of the molecule is COCC(=O)Nc1nc(CC(=O)O)cs1. The van der Waals surface area contributed by atoms with Gasteiger partial charge in [0.1, 0.15) is 6.61 Å². The maximum absolute atomic E-state index is 11.1. The van der Waals surface area contributed by atoms with Crippen LogP contribution >= 0.6 is 11.3 Å². The molecular formula is C8H10N2O4S. The van der Waals surface area contributed by atoms with Crippen molar-refractivity contribution in [2.24, 2.45) is 0 Å². The first-order chi connectivity index (χ1) is 7.11. The summed E-state index contributed by atoms with van der Waals surface area (Å²) in [5.74, 6) is -1.26. The summed E-state index contributed by atoms with van der Waals surface area (Å²) in [5.41, 5.74) is 0.431. The second-order valence-electron chi connectivity index (χ2n) is 2.70. The molecule has 0 radical (unpaired) electrons. The fourth-order valence-corrected chi connectivity index (χ4v) is 1.61. The molecule has 0 unspecified atom stereocenters. The van der Waals surface area contributed by atoms with Crippen molar-refractivity contribution in [3.8, 4) is 0 Å². The monoisotopic (exact) mass is 230 g/mol. The summed E-state index contributed by atoms with van der Waals surface area (Å²) in [4.78, 5) is 25.3. The van der Waals surface area contributed by atoms with Crippen LogP contribution in [0.15, 0.2) is 5.38 Å². The van der Waals surface area contributed by atoms with E-state index in [0.29, 0.717) is 10.8 Å². The maximum Gasteiger partial charge on any atom is 0.309 e. The van der Waals surface area contributed by atoms with Crippen molar-refractivity contribution in [1.29, 1.82) is 0 Å². The minimum absolute atomic E-state index is 0.0478. The van der Waals surface area contributed by atoms with Crippen LogP contribution in [0.5, 0.6) is 0 Å². The van der Waals surface area contributed by atoms with Crippen LogP contribution in [0.3, 0.4) is 0 Å². The lowest BCUT2D eigenvalue weighted by atomic mass is 10.3. The van der Waals surface area contributed by atoms with Gasteiger partial charge in [-0.05, 0) is 0 Å². The van der Waals surface area contributed by atoms with E-state index in [4.69, 9.17) is 5.11 Å². The minimum atomic E-state index is -0.949. The number of carboxylic acid groups (broad SMARTS) is 1. The van der Waals surface area contributed by atoms with Gasteiger partial charge in [0.25, 0.3) is 5.91 Å². The molecule has 0 aliphatic rings. The molecule has 0 saturated heterocycles. The summed E-state index contributed by atoms with van der Waals surface area (Å²) in [6.45, 7) is -0.0478. The van der Waals surface area contributed by atoms with E-state index in [1.807, 2.05) is 0 Å². The first-order valence-electron chi connectivity index (χ1n) is 4.07. The summed E-state index contributed by atoms with van der Waals surface area (Å²) >= 11 is 1.18. The second-order valence-corrected chi connectivity index (χ2v) is 3.55. The number of hydrogen-bond donors (Lipinski definition) is 2. The van der Waals surface area contributed by atoms with Gasteiger partial charge in [-0.25, -0.2) is 4.98 Å². The summed E-state index contributed by atoms with van der Waals surface area (Å²) in [6.07, 6.45) is -0.142. The number of ether oxygens (including phenoxy) is 1. The van der Waals surface area contributed by atoms with Crippen molar-refractivity contribution in [1.82, 2.24) is 4.98 Å². The number of amides is 1. The van der Waals surface area contributed by atoms with E-state index in [2.05, 4.69) is 15.0 Å². The Kier molecular flexibility index (Phi) is 4.19. The molecule has 6 nitrogen and oxygen atoms in total. The minimum Gasteiger partial charge on any atom is -0.481 e. The molecule has 1 heterocycles. The molecular weight excluding hydrogens is 220 g/mol. The average molecular weight is 230 g/mol.